The minimum atomic E-state index is -0.947. The van der Waals surface area contributed by atoms with Crippen molar-refractivity contribution in [3.8, 4) is 0 Å². The van der Waals surface area contributed by atoms with Gasteiger partial charge in [0.05, 0.1) is 11.0 Å². The van der Waals surface area contributed by atoms with Crippen LogP contribution in [-0.2, 0) is 30.3 Å². The molecule has 8 nitrogen and oxygen atoms in total. The number of oxime groups is 1. The molecule has 0 aromatic heterocycles. The number of hydrogen-bond acceptors (Lipinski definition) is 8. The molecule has 2 aliphatic heterocycles. The zero-order valence-corrected chi connectivity index (χ0v) is 26.5. The zero-order valence-electron chi connectivity index (χ0n) is 25.7. The Morgan fingerprint density at radius 3 is 2.67 bits per heavy atom. The summed E-state index contributed by atoms with van der Waals surface area (Å²) in [7, 11) is 0. The van der Waals surface area contributed by atoms with Crippen LogP contribution in [0, 0.1) is 35.5 Å². The maximum Gasteiger partial charge on any atom is 0.227 e. The third-order valence-electron chi connectivity index (χ3n) is 12.0. The average Bonchev–Trinajstić information content (AvgIpc) is 3.68. The van der Waals surface area contributed by atoms with Crippen molar-refractivity contribution >= 4 is 17.3 Å². The molecule has 2 spiro atoms. The fourth-order valence-corrected chi connectivity index (χ4v) is 10.5. The second-order valence-corrected chi connectivity index (χ2v) is 14.6. The molecule has 2 N–H and O–H groups in total. The van der Waals surface area contributed by atoms with Crippen LogP contribution in [0.25, 0.3) is 0 Å². The van der Waals surface area contributed by atoms with Crippen molar-refractivity contribution in [2.75, 3.05) is 33.3 Å². The highest BCUT2D eigenvalue weighted by Gasteiger charge is 2.81. The van der Waals surface area contributed by atoms with E-state index in [1.807, 2.05) is 6.08 Å². The number of fused-ring (bicyclic) bond motifs is 7. The van der Waals surface area contributed by atoms with Crippen LogP contribution in [0.15, 0.2) is 53.2 Å². The van der Waals surface area contributed by atoms with Gasteiger partial charge in [0.15, 0.2) is 13.6 Å². The van der Waals surface area contributed by atoms with Gasteiger partial charge in [-0.25, -0.2) is 0 Å². The molecule has 2 heterocycles. The molecule has 0 amide bonds. The number of nitrogens with one attached hydrogen (secondary N) is 1. The minimum Gasteiger partial charge on any atom is -0.394 e. The van der Waals surface area contributed by atoms with E-state index in [4.69, 9.17) is 35.4 Å². The smallest absolute Gasteiger partial charge is 0.227 e. The lowest BCUT2D eigenvalue weighted by Crippen LogP contribution is -2.71. The second kappa shape index (κ2) is 10.6. The Morgan fingerprint density at radius 2 is 1.91 bits per heavy atom. The Balaban J connectivity index is 1.06. The van der Waals surface area contributed by atoms with Crippen molar-refractivity contribution in [2.24, 2.45) is 33.7 Å². The molecule has 0 radical (unpaired) electrons. The van der Waals surface area contributed by atoms with Crippen molar-refractivity contribution in [1.29, 1.82) is 0 Å². The summed E-state index contributed by atoms with van der Waals surface area (Å²) in [6.07, 6.45) is 8.75. The molecule has 1 unspecified atom stereocenters. The first-order chi connectivity index (χ1) is 20.6. The topological polar surface area (TPSA) is 90.8 Å². The largest absolute Gasteiger partial charge is 0.394 e. The molecule has 1 aromatic carbocycles. The van der Waals surface area contributed by atoms with Gasteiger partial charge in [-0.15, -0.1) is 11.6 Å². The fourth-order valence-electron chi connectivity index (χ4n) is 9.98. The summed E-state index contributed by atoms with van der Waals surface area (Å²) < 4.78 is 24.6. The SMILES string of the molecule is Cc1ccc(CNCCO/N=C2\C=C[C@@]3(C)C(=C2)CC[C@H]2[C@@H]4C[C@@H](C)[C@@]5(OCOC56COCO6)[C@@]4(C)C[C@H](O)[C@@]23Cl)cc1. The first-order valence-electron chi connectivity index (χ1n) is 15.8. The number of hydrogen-bond donors (Lipinski definition) is 2. The zero-order chi connectivity index (χ0) is 30.1. The van der Waals surface area contributed by atoms with E-state index in [0.717, 1.165) is 31.5 Å². The van der Waals surface area contributed by atoms with Crippen LogP contribution in [0.1, 0.15) is 57.6 Å². The van der Waals surface area contributed by atoms with Gasteiger partial charge in [0.2, 0.25) is 5.79 Å². The Labute approximate surface area is 259 Å². The summed E-state index contributed by atoms with van der Waals surface area (Å²) in [5.41, 5.74) is 2.90. The number of aryl methyl sites for hydroxylation is 1. The van der Waals surface area contributed by atoms with Crippen molar-refractivity contribution < 1.29 is 28.9 Å². The molecule has 0 bridgehead atoms. The molecule has 4 aliphatic carbocycles. The van der Waals surface area contributed by atoms with Gasteiger partial charge >= 0.3 is 0 Å². The van der Waals surface area contributed by atoms with Gasteiger partial charge in [0.1, 0.15) is 24.5 Å². The number of ether oxygens (including phenoxy) is 4. The lowest BCUT2D eigenvalue weighted by molar-refractivity contribution is -0.264. The number of benzene rings is 1. The van der Waals surface area contributed by atoms with Crippen molar-refractivity contribution in [1.82, 2.24) is 5.32 Å². The summed E-state index contributed by atoms with van der Waals surface area (Å²) in [6, 6.07) is 8.52. The van der Waals surface area contributed by atoms with Crippen LogP contribution in [0.4, 0.5) is 0 Å². The van der Waals surface area contributed by atoms with E-state index in [1.165, 1.54) is 16.7 Å². The highest BCUT2D eigenvalue weighted by atomic mass is 35.5. The molecule has 7 rings (SSSR count). The molecule has 1 aromatic rings. The molecule has 9 heteroatoms. The molecule has 9 atom stereocenters. The molecule has 2 saturated heterocycles. The number of aliphatic hydroxyl groups is 1. The predicted octanol–water partition coefficient (Wildman–Crippen LogP) is 5.22. The third kappa shape index (κ3) is 4.13. The predicted molar refractivity (Wildman–Crippen MR) is 163 cm³/mol. The summed E-state index contributed by atoms with van der Waals surface area (Å²) in [5.74, 6) is -0.456. The number of aliphatic hydroxyl groups excluding tert-OH is 1. The Bertz CT molecular complexity index is 1320. The highest BCUT2D eigenvalue weighted by molar-refractivity contribution is 6.26. The Kier molecular flexibility index (Phi) is 7.41. The molecule has 3 saturated carbocycles. The summed E-state index contributed by atoms with van der Waals surface area (Å²) >= 11 is 7.78. The van der Waals surface area contributed by atoms with Gasteiger partial charge in [-0.3, -0.25) is 0 Å². The molecular formula is C34H45ClN2O6. The summed E-state index contributed by atoms with van der Waals surface area (Å²) in [5, 5.41) is 19.9. The minimum absolute atomic E-state index is 0.0921. The van der Waals surface area contributed by atoms with Crippen LogP contribution in [0.5, 0.6) is 0 Å². The maximum absolute atomic E-state index is 12.1. The lowest BCUT2D eigenvalue weighted by atomic mass is 9.45. The number of nitrogens with zero attached hydrogens (tertiary/aromatic N) is 1. The number of rotatable bonds is 6. The van der Waals surface area contributed by atoms with Gasteiger partial charge < -0.3 is 34.2 Å². The van der Waals surface area contributed by atoms with E-state index >= 15 is 0 Å². The van der Waals surface area contributed by atoms with E-state index in [-0.39, 0.29) is 36.8 Å². The normalized spacial score (nSPS) is 45.8. The van der Waals surface area contributed by atoms with Gasteiger partial charge in [-0.05, 0) is 68.1 Å². The first kappa shape index (κ1) is 29.9. The van der Waals surface area contributed by atoms with E-state index in [1.54, 1.807) is 0 Å². The van der Waals surface area contributed by atoms with E-state index in [9.17, 15) is 5.11 Å². The number of allylic oxidation sites excluding steroid dienone is 4. The molecular weight excluding hydrogens is 568 g/mol. The van der Waals surface area contributed by atoms with Crippen LogP contribution >= 0.6 is 11.6 Å². The van der Waals surface area contributed by atoms with Crippen LogP contribution in [0.3, 0.4) is 0 Å². The standard InChI is InChI=1S/C34H45ClN2O6/c1-22-5-7-24(8-6-22)18-36-13-14-43-37-26-11-12-30(3)25(16-26)9-10-27-28-15-23(2)34(31(28,4)17-29(38)33(27,30)35)32(41-21-42-34)19-39-20-40-32/h5-8,11-12,16,23,27-29,36,38H,9-10,13-15,17-21H2,1-4H3/b37-26+/t23-,27+,28+,29+,30+,31+,32?,33+,34-/m1/s1. The highest BCUT2D eigenvalue weighted by Crippen LogP contribution is 2.74. The van der Waals surface area contributed by atoms with Gasteiger partial charge in [0.25, 0.3) is 0 Å². The van der Waals surface area contributed by atoms with Crippen molar-refractivity contribution in [2.45, 2.75) is 82.3 Å². The third-order valence-corrected chi connectivity index (χ3v) is 12.9. The molecule has 6 aliphatic rings. The van der Waals surface area contributed by atoms with Crippen LogP contribution < -0.4 is 5.32 Å². The van der Waals surface area contributed by atoms with E-state index in [2.05, 4.69) is 74.6 Å². The fraction of sp³-hybridized carbons (Fsp3) is 0.676. The van der Waals surface area contributed by atoms with E-state index < -0.39 is 27.8 Å². The van der Waals surface area contributed by atoms with Gasteiger partial charge in [-0.1, -0.05) is 67.4 Å². The van der Waals surface area contributed by atoms with Gasteiger partial charge in [-0.2, -0.15) is 0 Å². The lowest BCUT2D eigenvalue weighted by Gasteiger charge is -2.64. The molecule has 5 fully saturated rings. The Morgan fingerprint density at radius 1 is 1.12 bits per heavy atom. The molecule has 43 heavy (non-hydrogen) atoms. The van der Waals surface area contributed by atoms with Gasteiger partial charge in [0, 0.05) is 23.9 Å². The van der Waals surface area contributed by atoms with Crippen LogP contribution in [-0.4, -0.2) is 66.5 Å². The number of halogens is 1. The summed E-state index contributed by atoms with van der Waals surface area (Å²) in [6.45, 7) is 11.5. The average molecular weight is 613 g/mol. The quantitative estimate of drug-likeness (QED) is 0.259. The maximum atomic E-state index is 12.1. The van der Waals surface area contributed by atoms with E-state index in [0.29, 0.717) is 26.2 Å². The van der Waals surface area contributed by atoms with Crippen molar-refractivity contribution in [3.63, 3.8) is 0 Å². The summed E-state index contributed by atoms with van der Waals surface area (Å²) in [4.78, 5) is 4.82. The van der Waals surface area contributed by atoms with Crippen molar-refractivity contribution in [3.05, 3.63) is 59.2 Å². The second-order valence-electron chi connectivity index (χ2n) is 14.0. The Hall–Kier alpha value is -1.78. The van der Waals surface area contributed by atoms with Crippen LogP contribution in [0.2, 0.25) is 0 Å². The molecule has 234 valence electrons. The monoisotopic (exact) mass is 612 g/mol. The first-order valence-corrected chi connectivity index (χ1v) is 16.2. The number of alkyl halides is 1.